The Hall–Kier alpha value is -0.610. The number of rotatable bonds is 8. The highest BCUT2D eigenvalue weighted by Crippen LogP contribution is 1.99. The molecule has 0 fully saturated rings. The van der Waals surface area contributed by atoms with E-state index in [1.165, 1.54) is 0 Å². The van der Waals surface area contributed by atoms with Crippen LogP contribution < -0.4 is 11.1 Å². The molecule has 0 atom stereocenters. The van der Waals surface area contributed by atoms with Gasteiger partial charge >= 0.3 is 0 Å². The number of hydrogen-bond acceptors (Lipinski definition) is 3. The number of carbonyl (C=O) groups is 1. The second-order valence-corrected chi connectivity index (χ2v) is 4.90. The van der Waals surface area contributed by atoms with Gasteiger partial charge < -0.3 is 11.1 Å². The van der Waals surface area contributed by atoms with Crippen molar-refractivity contribution in [2.45, 2.75) is 40.2 Å². The van der Waals surface area contributed by atoms with Crippen LogP contribution in [0.5, 0.6) is 0 Å². The molecule has 0 bridgehead atoms. The lowest BCUT2D eigenvalue weighted by molar-refractivity contribution is -0.122. The van der Waals surface area contributed by atoms with Crippen molar-refractivity contribution in [1.82, 2.24) is 10.2 Å². The van der Waals surface area contributed by atoms with Crippen molar-refractivity contribution in [3.63, 3.8) is 0 Å². The number of amides is 1. The van der Waals surface area contributed by atoms with Gasteiger partial charge in [-0.1, -0.05) is 13.8 Å². The first-order chi connectivity index (χ1) is 7.47. The van der Waals surface area contributed by atoms with E-state index in [0.29, 0.717) is 25.0 Å². The molecule has 0 heterocycles. The van der Waals surface area contributed by atoms with Gasteiger partial charge in [-0.25, -0.2) is 0 Å². The Labute approximate surface area is 99.6 Å². The molecule has 96 valence electrons. The predicted octanol–water partition coefficient (Wildman–Crippen LogP) is 0.818. The van der Waals surface area contributed by atoms with E-state index in [9.17, 15) is 4.79 Å². The minimum atomic E-state index is 0.111. The first kappa shape index (κ1) is 15.4. The maximum Gasteiger partial charge on any atom is 0.234 e. The van der Waals surface area contributed by atoms with Crippen molar-refractivity contribution in [3.8, 4) is 0 Å². The molecule has 0 aromatic rings. The van der Waals surface area contributed by atoms with E-state index >= 15 is 0 Å². The van der Waals surface area contributed by atoms with Gasteiger partial charge in [-0.3, -0.25) is 9.69 Å². The highest BCUT2D eigenvalue weighted by atomic mass is 16.2. The zero-order valence-electron chi connectivity index (χ0n) is 11.1. The van der Waals surface area contributed by atoms with Crippen molar-refractivity contribution in [1.29, 1.82) is 0 Å². The maximum atomic E-state index is 11.6. The Bertz CT molecular complexity index is 193. The normalized spacial score (nSPS) is 11.5. The number of nitrogens with zero attached hydrogens (tertiary/aromatic N) is 1. The van der Waals surface area contributed by atoms with E-state index in [4.69, 9.17) is 5.73 Å². The summed E-state index contributed by atoms with van der Waals surface area (Å²) in [4.78, 5) is 13.8. The average Bonchev–Trinajstić information content (AvgIpc) is 2.20. The van der Waals surface area contributed by atoms with Gasteiger partial charge in [-0.05, 0) is 32.7 Å². The van der Waals surface area contributed by atoms with E-state index in [-0.39, 0.29) is 5.91 Å². The second-order valence-electron chi connectivity index (χ2n) is 4.90. The van der Waals surface area contributed by atoms with E-state index in [1.54, 1.807) is 0 Å². The molecule has 4 nitrogen and oxygen atoms in total. The van der Waals surface area contributed by atoms with Crippen LogP contribution in [0, 0.1) is 5.92 Å². The number of nitrogens with two attached hydrogens (primary N) is 1. The van der Waals surface area contributed by atoms with Gasteiger partial charge in [0.1, 0.15) is 0 Å². The summed E-state index contributed by atoms with van der Waals surface area (Å²) in [6, 6.07) is 0.386. The molecule has 4 heteroatoms. The molecule has 0 unspecified atom stereocenters. The van der Waals surface area contributed by atoms with Crippen LogP contribution in [-0.4, -0.2) is 43.0 Å². The Morgan fingerprint density at radius 2 is 1.94 bits per heavy atom. The number of hydrogen-bond donors (Lipinski definition) is 2. The standard InChI is InChI=1S/C12H27N3O/c1-10(2)8-14-12(16)9-15(11(3)4)7-5-6-13/h10-11H,5-9,13H2,1-4H3,(H,14,16). The topological polar surface area (TPSA) is 58.4 Å². The molecule has 0 spiro atoms. The van der Waals surface area contributed by atoms with Gasteiger partial charge in [0.2, 0.25) is 5.91 Å². The second kappa shape index (κ2) is 8.53. The molecule has 0 aromatic heterocycles. The fourth-order valence-electron chi connectivity index (χ4n) is 1.37. The Morgan fingerprint density at radius 3 is 2.38 bits per heavy atom. The summed E-state index contributed by atoms with van der Waals surface area (Å²) in [7, 11) is 0. The molecule has 0 aliphatic carbocycles. The molecule has 0 saturated heterocycles. The van der Waals surface area contributed by atoms with Gasteiger partial charge in [0.25, 0.3) is 0 Å². The fraction of sp³-hybridized carbons (Fsp3) is 0.917. The van der Waals surface area contributed by atoms with Crippen LogP contribution >= 0.6 is 0 Å². The summed E-state index contributed by atoms with van der Waals surface area (Å²) in [5.41, 5.74) is 5.48. The van der Waals surface area contributed by atoms with E-state index in [1.807, 2.05) is 0 Å². The lowest BCUT2D eigenvalue weighted by atomic mass is 10.2. The largest absolute Gasteiger partial charge is 0.355 e. The molecular weight excluding hydrogens is 202 g/mol. The third-order valence-electron chi connectivity index (χ3n) is 2.43. The fourth-order valence-corrected chi connectivity index (χ4v) is 1.37. The molecule has 0 saturated carbocycles. The first-order valence-electron chi connectivity index (χ1n) is 6.18. The summed E-state index contributed by atoms with van der Waals surface area (Å²) in [5, 5.41) is 2.93. The molecule has 0 aliphatic heterocycles. The monoisotopic (exact) mass is 229 g/mol. The van der Waals surface area contributed by atoms with Crippen LogP contribution in [-0.2, 0) is 4.79 Å². The van der Waals surface area contributed by atoms with E-state index in [0.717, 1.165) is 19.5 Å². The number of carbonyl (C=O) groups excluding carboxylic acids is 1. The number of nitrogens with one attached hydrogen (secondary N) is 1. The summed E-state index contributed by atoms with van der Waals surface area (Å²) in [5.74, 6) is 0.611. The maximum absolute atomic E-state index is 11.6. The minimum Gasteiger partial charge on any atom is -0.355 e. The van der Waals surface area contributed by atoms with Crippen LogP contribution in [0.15, 0.2) is 0 Å². The third-order valence-corrected chi connectivity index (χ3v) is 2.43. The summed E-state index contributed by atoms with van der Waals surface area (Å²) >= 11 is 0. The van der Waals surface area contributed by atoms with Crippen molar-refractivity contribution in [2.24, 2.45) is 11.7 Å². The average molecular weight is 229 g/mol. The van der Waals surface area contributed by atoms with Gasteiger partial charge in [-0.15, -0.1) is 0 Å². The lowest BCUT2D eigenvalue weighted by Gasteiger charge is -2.25. The van der Waals surface area contributed by atoms with Crippen LogP contribution in [0.3, 0.4) is 0 Å². The van der Waals surface area contributed by atoms with E-state index in [2.05, 4.69) is 37.9 Å². The smallest absolute Gasteiger partial charge is 0.234 e. The molecule has 0 aromatic carbocycles. The highest BCUT2D eigenvalue weighted by Gasteiger charge is 2.13. The van der Waals surface area contributed by atoms with Gasteiger partial charge in [-0.2, -0.15) is 0 Å². The zero-order valence-corrected chi connectivity index (χ0v) is 11.1. The van der Waals surface area contributed by atoms with Crippen molar-refractivity contribution < 1.29 is 4.79 Å². The zero-order chi connectivity index (χ0) is 12.6. The van der Waals surface area contributed by atoms with Crippen LogP contribution in [0.1, 0.15) is 34.1 Å². The quantitative estimate of drug-likeness (QED) is 0.648. The summed E-state index contributed by atoms with van der Waals surface area (Å²) < 4.78 is 0. The van der Waals surface area contributed by atoms with Crippen molar-refractivity contribution in [3.05, 3.63) is 0 Å². The van der Waals surface area contributed by atoms with Crippen LogP contribution in [0.25, 0.3) is 0 Å². The van der Waals surface area contributed by atoms with E-state index < -0.39 is 0 Å². The van der Waals surface area contributed by atoms with Gasteiger partial charge in [0.05, 0.1) is 6.54 Å². The summed E-state index contributed by atoms with van der Waals surface area (Å²) in [6.07, 6.45) is 0.940. The Balaban J connectivity index is 3.93. The Kier molecular flexibility index (Phi) is 8.21. The Morgan fingerprint density at radius 1 is 1.31 bits per heavy atom. The molecular formula is C12H27N3O. The predicted molar refractivity (Wildman–Crippen MR) is 68.2 cm³/mol. The molecule has 16 heavy (non-hydrogen) atoms. The third kappa shape index (κ3) is 7.65. The van der Waals surface area contributed by atoms with Crippen LogP contribution in [0.2, 0.25) is 0 Å². The first-order valence-corrected chi connectivity index (χ1v) is 6.18. The van der Waals surface area contributed by atoms with Crippen LogP contribution in [0.4, 0.5) is 0 Å². The summed E-state index contributed by atoms with van der Waals surface area (Å²) in [6.45, 7) is 11.2. The minimum absolute atomic E-state index is 0.111. The lowest BCUT2D eigenvalue weighted by Crippen LogP contribution is -2.42. The molecule has 0 rings (SSSR count). The molecule has 3 N–H and O–H groups in total. The van der Waals surface area contributed by atoms with Gasteiger partial charge in [0.15, 0.2) is 0 Å². The molecule has 0 radical (unpaired) electrons. The van der Waals surface area contributed by atoms with Crippen molar-refractivity contribution >= 4 is 5.91 Å². The highest BCUT2D eigenvalue weighted by molar-refractivity contribution is 5.78. The van der Waals surface area contributed by atoms with Gasteiger partial charge in [0, 0.05) is 19.1 Å². The SMILES string of the molecule is CC(C)CNC(=O)CN(CCCN)C(C)C. The molecule has 0 aliphatic rings. The van der Waals surface area contributed by atoms with Crippen molar-refractivity contribution in [2.75, 3.05) is 26.2 Å². The molecule has 1 amide bonds.